The number of aromatic nitrogens is 1. The lowest BCUT2D eigenvalue weighted by molar-refractivity contribution is -0.131. The molecule has 0 spiro atoms. The van der Waals surface area contributed by atoms with E-state index < -0.39 is 11.8 Å². The molecule has 0 aliphatic rings. The number of amides is 2. The number of benzene rings is 1. The number of oxazole rings is 1. The normalized spacial score (nSPS) is 12.9. The summed E-state index contributed by atoms with van der Waals surface area (Å²) in [7, 11) is 0. The number of aliphatic hydroxyl groups excluding tert-OH is 1. The molecule has 0 saturated carbocycles. The Balaban J connectivity index is 0.00000258. The predicted octanol–water partition coefficient (Wildman–Crippen LogP) is 4.38. The van der Waals surface area contributed by atoms with Crippen LogP contribution in [0.3, 0.4) is 0 Å². The number of hydrogen-bond donors (Lipinski definition) is 4. The van der Waals surface area contributed by atoms with Crippen molar-refractivity contribution in [3.05, 3.63) is 54.2 Å². The molecule has 0 fully saturated rings. The summed E-state index contributed by atoms with van der Waals surface area (Å²) in [5, 5.41) is 15.9. The predicted molar refractivity (Wildman–Crippen MR) is 141 cm³/mol. The number of aryl methyl sites for hydroxylation is 1. The molecule has 2 rings (SSSR count). The van der Waals surface area contributed by atoms with E-state index in [4.69, 9.17) is 4.42 Å². The number of nitrogens with zero attached hydrogens (tertiary/aromatic N) is 1. The van der Waals surface area contributed by atoms with Gasteiger partial charge in [0.2, 0.25) is 17.7 Å². The van der Waals surface area contributed by atoms with Crippen molar-refractivity contribution in [3.63, 3.8) is 0 Å². The molecule has 0 aliphatic heterocycles. The molecule has 1 aromatic heterocycles. The minimum Gasteiger partial charge on any atom is -0.449 e. The first-order valence-corrected chi connectivity index (χ1v) is 12.9. The van der Waals surface area contributed by atoms with Gasteiger partial charge in [0.05, 0.1) is 18.7 Å². The van der Waals surface area contributed by atoms with E-state index in [1.54, 1.807) is 6.26 Å². The van der Waals surface area contributed by atoms with Crippen molar-refractivity contribution < 1.29 is 19.1 Å². The van der Waals surface area contributed by atoms with E-state index in [1.165, 1.54) is 12.5 Å². The van der Waals surface area contributed by atoms with E-state index in [-0.39, 0.29) is 36.9 Å². The van der Waals surface area contributed by atoms with Gasteiger partial charge in [0.25, 0.3) is 0 Å². The van der Waals surface area contributed by atoms with Gasteiger partial charge in [-0.05, 0) is 44.9 Å². The molecule has 2 aromatic rings. The van der Waals surface area contributed by atoms with E-state index in [0.29, 0.717) is 18.7 Å². The van der Waals surface area contributed by atoms with E-state index in [2.05, 4.69) is 28.2 Å². The highest BCUT2D eigenvalue weighted by atomic mass is 32.1. The Hall–Kier alpha value is -2.32. The molecule has 34 heavy (non-hydrogen) atoms. The van der Waals surface area contributed by atoms with Crippen molar-refractivity contribution in [1.82, 2.24) is 15.6 Å². The molecule has 2 amide bonds. The lowest BCUT2D eigenvalue weighted by Gasteiger charge is -2.27. The fourth-order valence-electron chi connectivity index (χ4n) is 3.46. The highest BCUT2D eigenvalue weighted by Gasteiger charge is 2.30. The average molecular weight is 494 g/mol. The number of hydrogen-bond acceptors (Lipinski definition) is 6. The van der Waals surface area contributed by atoms with E-state index >= 15 is 0 Å². The van der Waals surface area contributed by atoms with Crippen LogP contribution >= 0.6 is 12.6 Å². The second-order valence-electron chi connectivity index (χ2n) is 7.83. The van der Waals surface area contributed by atoms with Crippen LogP contribution in [0.2, 0.25) is 0 Å². The summed E-state index contributed by atoms with van der Waals surface area (Å²) in [5.41, 5.74) is 1.14. The van der Waals surface area contributed by atoms with Crippen molar-refractivity contribution in [1.29, 1.82) is 0 Å². The third kappa shape index (κ3) is 11.7. The SMILES string of the molecule is CC.CCC(CC(=O)NC(C)C)C(=O)N[C@@H](CCc1ccccc1)C(CO)c1ncco1.CS. The van der Waals surface area contributed by atoms with Crippen LogP contribution in [0.25, 0.3) is 0 Å². The van der Waals surface area contributed by atoms with Gasteiger partial charge in [-0.1, -0.05) is 51.1 Å². The molecule has 0 bridgehead atoms. The fourth-order valence-corrected chi connectivity index (χ4v) is 3.46. The van der Waals surface area contributed by atoms with E-state index in [0.717, 1.165) is 12.0 Å². The molecule has 3 atom stereocenters. The minimum absolute atomic E-state index is 0.0282. The lowest BCUT2D eigenvalue weighted by Crippen LogP contribution is -2.45. The zero-order chi connectivity index (χ0) is 25.9. The first-order valence-electron chi connectivity index (χ1n) is 12.0. The molecular formula is C26H43N3O4S. The van der Waals surface area contributed by atoms with Crippen molar-refractivity contribution in [3.8, 4) is 0 Å². The smallest absolute Gasteiger partial charge is 0.223 e. The number of thiol groups is 1. The Labute approximate surface area is 210 Å². The first-order chi connectivity index (χ1) is 16.4. The summed E-state index contributed by atoms with van der Waals surface area (Å²) in [4.78, 5) is 29.3. The molecular weight excluding hydrogens is 450 g/mol. The van der Waals surface area contributed by atoms with Gasteiger partial charge < -0.3 is 20.2 Å². The average Bonchev–Trinajstić information content (AvgIpc) is 3.38. The Morgan fingerprint density at radius 3 is 2.26 bits per heavy atom. The summed E-state index contributed by atoms with van der Waals surface area (Å²) < 4.78 is 5.41. The van der Waals surface area contributed by atoms with E-state index in [1.807, 2.05) is 65.0 Å². The third-order valence-corrected chi connectivity index (χ3v) is 5.11. The summed E-state index contributed by atoms with van der Waals surface area (Å²) >= 11 is 3.53. The monoisotopic (exact) mass is 493 g/mol. The standard InChI is InChI=1S/C23H33N3O4.C2H6.CH4S/c1-4-18(14-21(28)25-16(2)3)22(29)26-20(11-10-17-8-6-5-7-9-17)19(15-27)23-24-12-13-30-23;2*1-2/h5-9,12-13,16,18-20,27H,4,10-11,14-15H2,1-3H3,(H,25,28)(H,26,29);1-2H3;2H,1H3/t18?,19?,20-;;/m0../s1. The van der Waals surface area contributed by atoms with Crippen LogP contribution in [0.15, 0.2) is 47.2 Å². The largest absolute Gasteiger partial charge is 0.449 e. The number of carbonyl (C=O) groups is 2. The second-order valence-corrected chi connectivity index (χ2v) is 7.83. The Morgan fingerprint density at radius 2 is 1.76 bits per heavy atom. The summed E-state index contributed by atoms with van der Waals surface area (Å²) in [6.07, 6.45) is 6.70. The van der Waals surface area contributed by atoms with Gasteiger partial charge in [-0.25, -0.2) is 4.98 Å². The molecule has 0 saturated heterocycles. The summed E-state index contributed by atoms with van der Waals surface area (Å²) in [6.45, 7) is 9.47. The molecule has 1 aromatic carbocycles. The maximum atomic E-state index is 13.0. The zero-order valence-electron chi connectivity index (χ0n) is 21.5. The van der Waals surface area contributed by atoms with Gasteiger partial charge in [0.15, 0.2) is 0 Å². The van der Waals surface area contributed by atoms with Crippen molar-refractivity contribution in [2.45, 2.75) is 78.3 Å². The van der Waals surface area contributed by atoms with Crippen LogP contribution in [0, 0.1) is 5.92 Å². The highest BCUT2D eigenvalue weighted by Crippen LogP contribution is 2.23. The topological polar surface area (TPSA) is 104 Å². The van der Waals surface area contributed by atoms with Crippen LogP contribution in [0.4, 0.5) is 0 Å². The van der Waals surface area contributed by atoms with Crippen LogP contribution in [-0.2, 0) is 16.0 Å². The molecule has 2 unspecified atom stereocenters. The number of carbonyl (C=O) groups excluding carboxylic acids is 2. The Bertz CT molecular complexity index is 770. The number of rotatable bonds is 12. The van der Waals surface area contributed by atoms with Crippen LogP contribution in [0.5, 0.6) is 0 Å². The first kappa shape index (κ1) is 31.7. The van der Waals surface area contributed by atoms with Gasteiger partial charge in [0, 0.05) is 24.4 Å². The molecule has 1 heterocycles. The van der Waals surface area contributed by atoms with Crippen LogP contribution < -0.4 is 10.6 Å². The van der Waals surface area contributed by atoms with Crippen LogP contribution in [-0.4, -0.2) is 46.9 Å². The highest BCUT2D eigenvalue weighted by molar-refractivity contribution is 7.79. The molecule has 8 heteroatoms. The van der Waals surface area contributed by atoms with Crippen molar-refractivity contribution in [2.75, 3.05) is 12.9 Å². The Morgan fingerprint density at radius 1 is 1.12 bits per heavy atom. The summed E-state index contributed by atoms with van der Waals surface area (Å²) in [6, 6.07) is 9.62. The molecule has 0 aliphatic carbocycles. The maximum absolute atomic E-state index is 13.0. The molecule has 3 N–H and O–H groups in total. The number of aliphatic hydroxyl groups is 1. The van der Waals surface area contributed by atoms with E-state index in [9.17, 15) is 14.7 Å². The fraction of sp³-hybridized carbons (Fsp3) is 0.577. The molecule has 7 nitrogen and oxygen atoms in total. The molecule has 192 valence electrons. The van der Waals surface area contributed by atoms with Crippen molar-refractivity contribution >= 4 is 24.4 Å². The quantitative estimate of drug-likeness (QED) is 0.329. The Kier molecular flexibility index (Phi) is 17.7. The second kappa shape index (κ2) is 19.0. The minimum atomic E-state index is -0.463. The van der Waals surface area contributed by atoms with Crippen molar-refractivity contribution in [2.24, 2.45) is 5.92 Å². The van der Waals surface area contributed by atoms with Gasteiger partial charge in [-0.2, -0.15) is 12.6 Å². The lowest BCUT2D eigenvalue weighted by atomic mass is 9.92. The summed E-state index contributed by atoms with van der Waals surface area (Å²) in [5.74, 6) is -0.846. The van der Waals surface area contributed by atoms with Crippen LogP contribution in [0.1, 0.15) is 71.3 Å². The van der Waals surface area contributed by atoms with Gasteiger partial charge in [-0.3, -0.25) is 9.59 Å². The zero-order valence-corrected chi connectivity index (χ0v) is 22.3. The van der Waals surface area contributed by atoms with Gasteiger partial charge >= 0.3 is 0 Å². The molecule has 0 radical (unpaired) electrons. The number of nitrogens with one attached hydrogen (secondary N) is 2. The third-order valence-electron chi connectivity index (χ3n) is 5.11. The van der Waals surface area contributed by atoms with Gasteiger partial charge in [-0.15, -0.1) is 0 Å². The van der Waals surface area contributed by atoms with Gasteiger partial charge in [0.1, 0.15) is 6.26 Å². The maximum Gasteiger partial charge on any atom is 0.223 e.